The zero-order chi connectivity index (χ0) is 24.0. The molecular weight excluding hydrogens is 570 g/mol. The molecule has 0 radical (unpaired) electrons. The number of halogens is 2. The van der Waals surface area contributed by atoms with E-state index in [0.717, 1.165) is 14.5 Å². The van der Waals surface area contributed by atoms with Crippen LogP contribution in [0, 0.1) is 0 Å². The van der Waals surface area contributed by atoms with E-state index >= 15 is 0 Å². The highest BCUT2D eigenvalue weighted by Crippen LogP contribution is 2.41. The molecule has 1 atom stereocenters. The molecule has 5 rings (SSSR count). The summed E-state index contributed by atoms with van der Waals surface area (Å²) in [7, 11) is 0. The van der Waals surface area contributed by atoms with Crippen molar-refractivity contribution < 1.29 is 18.4 Å². The Morgan fingerprint density at radius 1 is 1.15 bits per heavy atom. The monoisotopic (exact) mass is 585 g/mol. The number of aromatic nitrogens is 2. The van der Waals surface area contributed by atoms with Crippen molar-refractivity contribution in [1.82, 2.24) is 9.55 Å². The number of oxazole rings is 2. The van der Waals surface area contributed by atoms with Gasteiger partial charge in [0.05, 0.1) is 12.5 Å². The third-order valence-electron chi connectivity index (χ3n) is 5.40. The number of fused-ring (bicyclic) bond motifs is 3. The number of rotatable bonds is 4. The van der Waals surface area contributed by atoms with Gasteiger partial charge in [-0.05, 0) is 36.3 Å². The summed E-state index contributed by atoms with van der Waals surface area (Å²) in [5.41, 5.74) is 7.24. The molecule has 2 aromatic heterocycles. The highest BCUT2D eigenvalue weighted by atomic mass is 79.9. The number of ether oxygens (including phenoxy) is 1. The minimum Gasteiger partial charge on any atom is -0.462 e. The fourth-order valence-electron chi connectivity index (χ4n) is 4.00. The van der Waals surface area contributed by atoms with E-state index in [1.54, 1.807) is 13.0 Å². The van der Waals surface area contributed by atoms with Gasteiger partial charge in [0.15, 0.2) is 0 Å². The number of anilines is 1. The summed E-state index contributed by atoms with van der Waals surface area (Å²) in [5, 5.41) is 0.145. The Hall–Kier alpha value is -3.37. The van der Waals surface area contributed by atoms with E-state index in [1.165, 1.54) is 4.57 Å². The maximum absolute atomic E-state index is 13.2. The van der Waals surface area contributed by atoms with Gasteiger partial charge in [0.2, 0.25) is 11.4 Å². The second kappa shape index (κ2) is 8.77. The van der Waals surface area contributed by atoms with Crippen molar-refractivity contribution in [1.29, 1.82) is 0 Å². The van der Waals surface area contributed by atoms with Gasteiger partial charge in [0, 0.05) is 8.95 Å². The van der Waals surface area contributed by atoms with Crippen molar-refractivity contribution >= 4 is 55.5 Å². The lowest BCUT2D eigenvalue weighted by atomic mass is 9.87. The summed E-state index contributed by atoms with van der Waals surface area (Å²) in [6.07, 6.45) is 1.64. The normalized spacial score (nSPS) is 15.2. The SMILES string of the molecule is CCOC(=O)C1=c2oc(=O)/c(=C\c3ccccc3Br)n2-c2oc(N)nc2C1c1ccccc1Br. The number of hydrogen-bond acceptors (Lipinski definition) is 7. The Kier molecular flexibility index (Phi) is 5.78. The van der Waals surface area contributed by atoms with Gasteiger partial charge in [0.25, 0.3) is 6.01 Å². The van der Waals surface area contributed by atoms with Crippen LogP contribution in [0.4, 0.5) is 6.01 Å². The predicted molar refractivity (Wildman–Crippen MR) is 132 cm³/mol. The Bertz CT molecular complexity index is 1620. The van der Waals surface area contributed by atoms with Crippen LogP contribution >= 0.6 is 31.9 Å². The van der Waals surface area contributed by atoms with E-state index in [9.17, 15) is 9.59 Å². The summed E-state index contributed by atoms with van der Waals surface area (Å²) in [6.45, 7) is 1.84. The van der Waals surface area contributed by atoms with Gasteiger partial charge in [0.1, 0.15) is 16.6 Å². The number of hydrogen-bond donors (Lipinski definition) is 1. The van der Waals surface area contributed by atoms with Gasteiger partial charge in [-0.1, -0.05) is 68.3 Å². The van der Waals surface area contributed by atoms with E-state index in [-0.39, 0.29) is 35.0 Å². The topological polar surface area (TPSA) is 113 Å². The first-order valence-corrected chi connectivity index (χ1v) is 11.9. The molecule has 10 heteroatoms. The first-order chi connectivity index (χ1) is 16.4. The van der Waals surface area contributed by atoms with Gasteiger partial charge in [-0.25, -0.2) is 14.2 Å². The predicted octanol–water partition coefficient (Wildman–Crippen LogP) is 3.21. The first kappa shape index (κ1) is 22.4. The molecule has 0 fully saturated rings. The molecule has 1 unspecified atom stereocenters. The van der Waals surface area contributed by atoms with Crippen LogP contribution in [0.5, 0.6) is 0 Å². The molecule has 0 saturated heterocycles. The van der Waals surface area contributed by atoms with Crippen molar-refractivity contribution in [2.45, 2.75) is 12.8 Å². The average Bonchev–Trinajstić information content (AvgIpc) is 3.34. The third-order valence-corrected chi connectivity index (χ3v) is 6.84. The van der Waals surface area contributed by atoms with Gasteiger partial charge in [-0.2, -0.15) is 4.98 Å². The maximum Gasteiger partial charge on any atom is 0.362 e. The average molecular weight is 587 g/mol. The molecule has 0 spiro atoms. The number of carbonyl (C=O) groups excluding carboxylic acids is 1. The fraction of sp³-hybridized carbons (Fsp3) is 0.125. The molecule has 0 aliphatic carbocycles. The van der Waals surface area contributed by atoms with E-state index in [1.807, 2.05) is 48.5 Å². The smallest absolute Gasteiger partial charge is 0.362 e. The number of nitrogens with two attached hydrogens (primary N) is 1. The second-order valence-electron chi connectivity index (χ2n) is 7.41. The van der Waals surface area contributed by atoms with E-state index in [0.29, 0.717) is 11.3 Å². The van der Waals surface area contributed by atoms with Crippen molar-refractivity contribution in [2.24, 2.45) is 0 Å². The second-order valence-corrected chi connectivity index (χ2v) is 9.12. The molecular formula is C24H17Br2N3O5. The van der Waals surface area contributed by atoms with Crippen molar-refractivity contribution in [2.75, 3.05) is 12.3 Å². The number of nitrogen functional groups attached to an aromatic ring is 1. The molecule has 1 aliphatic rings. The van der Waals surface area contributed by atoms with E-state index in [2.05, 4.69) is 36.8 Å². The van der Waals surface area contributed by atoms with Gasteiger partial charge < -0.3 is 19.3 Å². The van der Waals surface area contributed by atoms with Crippen LogP contribution in [0.1, 0.15) is 29.7 Å². The standard InChI is InChI=1S/C24H17Br2N3O5/c1-2-32-23(31)18-17(13-8-4-6-10-15(13)26)19-21(34-24(27)28-19)29-16(22(30)33-20(18)29)11-12-7-3-5-9-14(12)25/h3-11,17H,2H2,1H3,(H2,27,28)/b16-11+. The first-order valence-electron chi connectivity index (χ1n) is 10.3. The van der Waals surface area contributed by atoms with Crippen LogP contribution < -0.4 is 22.3 Å². The van der Waals surface area contributed by atoms with Crippen LogP contribution in [0.25, 0.3) is 17.5 Å². The Morgan fingerprint density at radius 3 is 2.56 bits per heavy atom. The highest BCUT2D eigenvalue weighted by molar-refractivity contribution is 9.10. The summed E-state index contributed by atoms with van der Waals surface area (Å²) >= 11 is 7.04. The van der Waals surface area contributed by atoms with Crippen LogP contribution in [-0.2, 0) is 9.53 Å². The Morgan fingerprint density at radius 2 is 1.85 bits per heavy atom. The van der Waals surface area contributed by atoms with Crippen LogP contribution in [-0.4, -0.2) is 22.1 Å². The number of carbonyl (C=O) groups is 1. The van der Waals surface area contributed by atoms with Crippen LogP contribution in [0.3, 0.4) is 0 Å². The van der Waals surface area contributed by atoms with Crippen LogP contribution in [0.2, 0.25) is 0 Å². The zero-order valence-corrected chi connectivity index (χ0v) is 20.9. The molecule has 4 aromatic rings. The number of nitrogens with zero attached hydrogens (tertiary/aromatic N) is 2. The van der Waals surface area contributed by atoms with Crippen LogP contribution in [0.15, 0.2) is 71.1 Å². The number of esters is 1. The third kappa shape index (κ3) is 3.63. The molecule has 34 heavy (non-hydrogen) atoms. The van der Waals surface area contributed by atoms with Crippen molar-refractivity contribution in [3.63, 3.8) is 0 Å². The minimum absolute atomic E-state index is 0.00570. The Labute approximate surface area is 209 Å². The van der Waals surface area contributed by atoms with Crippen molar-refractivity contribution in [3.8, 4) is 5.88 Å². The molecule has 2 N–H and O–H groups in total. The summed E-state index contributed by atoms with van der Waals surface area (Å²) in [4.78, 5) is 30.7. The molecule has 1 aliphatic heterocycles. The zero-order valence-electron chi connectivity index (χ0n) is 17.7. The van der Waals surface area contributed by atoms with Crippen molar-refractivity contribution in [3.05, 3.63) is 95.6 Å². The fourth-order valence-corrected chi connectivity index (χ4v) is 4.91. The summed E-state index contributed by atoms with van der Waals surface area (Å²) in [5.74, 6) is -1.18. The quantitative estimate of drug-likeness (QED) is 0.365. The lowest BCUT2D eigenvalue weighted by molar-refractivity contribution is -0.136. The minimum atomic E-state index is -0.743. The largest absolute Gasteiger partial charge is 0.462 e. The highest BCUT2D eigenvalue weighted by Gasteiger charge is 2.40. The lowest BCUT2D eigenvalue weighted by Crippen LogP contribution is -2.37. The molecule has 0 amide bonds. The molecule has 2 aromatic carbocycles. The lowest BCUT2D eigenvalue weighted by Gasteiger charge is -2.22. The number of benzene rings is 2. The Balaban J connectivity index is 1.94. The summed E-state index contributed by atoms with van der Waals surface area (Å²) in [6, 6.07) is 14.7. The molecule has 172 valence electrons. The van der Waals surface area contributed by atoms with E-state index < -0.39 is 17.5 Å². The maximum atomic E-state index is 13.2. The summed E-state index contributed by atoms with van der Waals surface area (Å²) < 4.78 is 19.7. The molecule has 8 nitrogen and oxygen atoms in total. The van der Waals surface area contributed by atoms with E-state index in [4.69, 9.17) is 19.3 Å². The van der Waals surface area contributed by atoms with Gasteiger partial charge in [-0.3, -0.25) is 0 Å². The van der Waals surface area contributed by atoms with Gasteiger partial charge in [-0.15, -0.1) is 0 Å². The molecule has 3 heterocycles. The molecule has 0 saturated carbocycles. The van der Waals surface area contributed by atoms with Gasteiger partial charge >= 0.3 is 11.6 Å². The molecule has 0 bridgehead atoms.